The molecule has 0 saturated heterocycles. The molecule has 0 radical (unpaired) electrons. The number of likely N-dealkylation sites (N-methyl/N-ethyl adjacent to an activating group) is 2. The van der Waals surface area contributed by atoms with Crippen LogP contribution in [-0.2, 0) is 0 Å². The topological polar surface area (TPSA) is 15.3 Å². The van der Waals surface area contributed by atoms with Crippen molar-refractivity contribution in [1.82, 2.24) is 10.2 Å². The Bertz CT molecular complexity index is 292. The first-order chi connectivity index (χ1) is 10.1. The first kappa shape index (κ1) is 17.3. The Kier molecular flexibility index (Phi) is 6.55. The lowest BCUT2D eigenvalue weighted by atomic mass is 9.68. The van der Waals surface area contributed by atoms with Crippen LogP contribution in [0.4, 0.5) is 0 Å². The first-order valence-electron chi connectivity index (χ1n) is 9.48. The van der Waals surface area contributed by atoms with Crippen LogP contribution >= 0.6 is 0 Å². The fourth-order valence-corrected chi connectivity index (χ4v) is 5.33. The molecule has 2 heteroatoms. The highest BCUT2D eigenvalue weighted by molar-refractivity contribution is 5.03. The second-order valence-electron chi connectivity index (χ2n) is 7.88. The Morgan fingerprint density at radius 3 is 2.24 bits per heavy atom. The van der Waals surface area contributed by atoms with E-state index in [2.05, 4.69) is 38.3 Å². The van der Waals surface area contributed by atoms with E-state index in [1.165, 1.54) is 70.6 Å². The third kappa shape index (κ3) is 3.82. The van der Waals surface area contributed by atoms with Crippen molar-refractivity contribution in [2.75, 3.05) is 21.1 Å². The molecule has 0 aromatic carbocycles. The van der Waals surface area contributed by atoms with E-state index in [-0.39, 0.29) is 0 Å². The smallest absolute Gasteiger partial charge is 0.0359 e. The van der Waals surface area contributed by atoms with Crippen molar-refractivity contribution in [2.45, 2.75) is 89.1 Å². The number of hydrogen-bond donors (Lipinski definition) is 1. The SMILES string of the molecule is CCC1CCCC(C(NC)C2(N(C)C)CCCCCC2)C1. The van der Waals surface area contributed by atoms with Gasteiger partial charge >= 0.3 is 0 Å². The minimum atomic E-state index is 0.394. The molecular weight excluding hydrogens is 256 g/mol. The summed E-state index contributed by atoms with van der Waals surface area (Å²) in [7, 11) is 6.88. The lowest BCUT2D eigenvalue weighted by molar-refractivity contribution is 0.0382. The van der Waals surface area contributed by atoms with E-state index in [9.17, 15) is 0 Å². The van der Waals surface area contributed by atoms with E-state index in [1.807, 2.05) is 0 Å². The Morgan fingerprint density at radius 2 is 1.71 bits per heavy atom. The summed E-state index contributed by atoms with van der Waals surface area (Å²) >= 11 is 0. The fourth-order valence-electron chi connectivity index (χ4n) is 5.33. The summed E-state index contributed by atoms with van der Waals surface area (Å²) < 4.78 is 0. The van der Waals surface area contributed by atoms with E-state index in [0.29, 0.717) is 11.6 Å². The number of nitrogens with one attached hydrogen (secondary N) is 1. The summed E-state index contributed by atoms with van der Waals surface area (Å²) in [6.07, 6.45) is 15.7. The van der Waals surface area contributed by atoms with Crippen molar-refractivity contribution in [3.05, 3.63) is 0 Å². The zero-order valence-corrected chi connectivity index (χ0v) is 15.0. The van der Waals surface area contributed by atoms with E-state index in [0.717, 1.165) is 11.8 Å². The molecule has 2 nitrogen and oxygen atoms in total. The average Bonchev–Trinajstić information content (AvgIpc) is 2.75. The molecule has 2 rings (SSSR count). The molecule has 2 saturated carbocycles. The predicted octanol–water partition coefficient (Wildman–Crippen LogP) is 4.45. The van der Waals surface area contributed by atoms with Crippen molar-refractivity contribution in [3.8, 4) is 0 Å². The average molecular weight is 295 g/mol. The minimum absolute atomic E-state index is 0.394. The summed E-state index contributed by atoms with van der Waals surface area (Å²) in [6, 6.07) is 0.681. The van der Waals surface area contributed by atoms with Gasteiger partial charge in [-0.25, -0.2) is 0 Å². The maximum atomic E-state index is 3.79. The van der Waals surface area contributed by atoms with Gasteiger partial charge in [0.2, 0.25) is 0 Å². The van der Waals surface area contributed by atoms with E-state index in [4.69, 9.17) is 0 Å². The summed E-state index contributed by atoms with van der Waals surface area (Å²) in [5.74, 6) is 1.86. The monoisotopic (exact) mass is 294 g/mol. The van der Waals surface area contributed by atoms with Crippen molar-refractivity contribution in [2.24, 2.45) is 11.8 Å². The van der Waals surface area contributed by atoms with Gasteiger partial charge in [0, 0.05) is 11.6 Å². The van der Waals surface area contributed by atoms with E-state index >= 15 is 0 Å². The molecule has 2 aliphatic carbocycles. The molecule has 124 valence electrons. The summed E-state index contributed by atoms with van der Waals surface area (Å²) in [6.45, 7) is 2.38. The predicted molar refractivity (Wildman–Crippen MR) is 92.7 cm³/mol. The van der Waals surface area contributed by atoms with Gasteiger partial charge in [0.1, 0.15) is 0 Å². The lowest BCUT2D eigenvalue weighted by Gasteiger charge is -2.50. The Balaban J connectivity index is 2.18. The normalized spacial score (nSPS) is 31.9. The Morgan fingerprint density at radius 1 is 1.05 bits per heavy atom. The van der Waals surface area contributed by atoms with Crippen LogP contribution in [0.1, 0.15) is 77.6 Å². The molecule has 1 N–H and O–H groups in total. The Hall–Kier alpha value is -0.0800. The van der Waals surface area contributed by atoms with Crippen molar-refractivity contribution in [1.29, 1.82) is 0 Å². The van der Waals surface area contributed by atoms with Crippen LogP contribution < -0.4 is 5.32 Å². The standard InChI is InChI=1S/C19H38N2/c1-5-16-11-10-12-17(15-16)18(20-2)19(21(3)4)13-8-6-7-9-14-19/h16-18,20H,5-15H2,1-4H3. The van der Waals surface area contributed by atoms with Gasteiger partial charge in [-0.2, -0.15) is 0 Å². The van der Waals surface area contributed by atoms with Crippen LogP contribution in [0.3, 0.4) is 0 Å². The lowest BCUT2D eigenvalue weighted by Crippen LogP contribution is -2.61. The molecule has 0 heterocycles. The van der Waals surface area contributed by atoms with Gasteiger partial charge in [-0.15, -0.1) is 0 Å². The van der Waals surface area contributed by atoms with Crippen LogP contribution in [0.25, 0.3) is 0 Å². The van der Waals surface area contributed by atoms with Crippen molar-refractivity contribution >= 4 is 0 Å². The number of hydrogen-bond acceptors (Lipinski definition) is 2. The first-order valence-corrected chi connectivity index (χ1v) is 9.48. The molecule has 3 atom stereocenters. The summed E-state index contributed by atoms with van der Waals surface area (Å²) in [5, 5.41) is 3.79. The molecular formula is C19H38N2. The van der Waals surface area contributed by atoms with Crippen LogP contribution in [0.2, 0.25) is 0 Å². The highest BCUT2D eigenvalue weighted by Crippen LogP contribution is 2.42. The molecule has 21 heavy (non-hydrogen) atoms. The third-order valence-electron chi connectivity index (χ3n) is 6.62. The van der Waals surface area contributed by atoms with Gasteiger partial charge in [-0.3, -0.25) is 0 Å². The second kappa shape index (κ2) is 7.97. The maximum absolute atomic E-state index is 3.79. The van der Waals surface area contributed by atoms with Crippen LogP contribution in [-0.4, -0.2) is 37.6 Å². The van der Waals surface area contributed by atoms with Crippen LogP contribution in [0.15, 0.2) is 0 Å². The molecule has 0 bridgehead atoms. The van der Waals surface area contributed by atoms with E-state index < -0.39 is 0 Å². The molecule has 2 aliphatic rings. The molecule has 0 amide bonds. The van der Waals surface area contributed by atoms with Gasteiger partial charge in [-0.05, 0) is 58.7 Å². The van der Waals surface area contributed by atoms with Crippen molar-refractivity contribution < 1.29 is 0 Å². The van der Waals surface area contributed by atoms with Crippen LogP contribution in [0.5, 0.6) is 0 Å². The van der Waals surface area contributed by atoms with Gasteiger partial charge in [0.15, 0.2) is 0 Å². The number of nitrogens with zero attached hydrogens (tertiary/aromatic N) is 1. The molecule has 3 unspecified atom stereocenters. The molecule has 0 aromatic heterocycles. The molecule has 0 aliphatic heterocycles. The van der Waals surface area contributed by atoms with Gasteiger partial charge in [0.05, 0.1) is 0 Å². The highest BCUT2D eigenvalue weighted by atomic mass is 15.2. The minimum Gasteiger partial charge on any atom is -0.315 e. The zero-order valence-electron chi connectivity index (χ0n) is 15.0. The quantitative estimate of drug-likeness (QED) is 0.754. The largest absolute Gasteiger partial charge is 0.315 e. The third-order valence-corrected chi connectivity index (χ3v) is 6.62. The van der Waals surface area contributed by atoms with E-state index in [1.54, 1.807) is 0 Å². The summed E-state index contributed by atoms with van der Waals surface area (Å²) in [4.78, 5) is 2.58. The molecule has 2 fully saturated rings. The van der Waals surface area contributed by atoms with Crippen LogP contribution in [0, 0.1) is 11.8 Å². The van der Waals surface area contributed by atoms with Gasteiger partial charge < -0.3 is 10.2 Å². The Labute approximate surface area is 133 Å². The zero-order chi connectivity index (χ0) is 15.3. The molecule has 0 spiro atoms. The highest BCUT2D eigenvalue weighted by Gasteiger charge is 2.44. The maximum Gasteiger partial charge on any atom is 0.0359 e. The number of rotatable bonds is 5. The summed E-state index contributed by atoms with van der Waals surface area (Å²) in [5.41, 5.74) is 0.394. The fraction of sp³-hybridized carbons (Fsp3) is 1.00. The van der Waals surface area contributed by atoms with Gasteiger partial charge in [-0.1, -0.05) is 51.9 Å². The van der Waals surface area contributed by atoms with Gasteiger partial charge in [0.25, 0.3) is 0 Å². The van der Waals surface area contributed by atoms with Crippen molar-refractivity contribution in [3.63, 3.8) is 0 Å². The molecule has 0 aromatic rings. The second-order valence-corrected chi connectivity index (χ2v) is 7.88.